The van der Waals surface area contributed by atoms with Crippen molar-refractivity contribution in [2.45, 2.75) is 6.42 Å². The van der Waals surface area contributed by atoms with E-state index in [2.05, 4.69) is 4.74 Å². The number of rotatable bonds is 4. The van der Waals surface area contributed by atoms with Gasteiger partial charge in [0.2, 0.25) is 0 Å². The molecule has 7 heavy (non-hydrogen) atoms. The number of hydrogen-bond acceptors (Lipinski definition) is 2. The summed E-state index contributed by atoms with van der Waals surface area (Å²) in [6, 6.07) is 0. The Morgan fingerprint density at radius 3 is 2.86 bits per heavy atom. The Morgan fingerprint density at radius 2 is 2.43 bits per heavy atom. The monoisotopic (exact) mass is 121 g/mol. The molecular formula is C4H6ClO2. The summed E-state index contributed by atoms with van der Waals surface area (Å²) < 4.78 is 4.18. The van der Waals surface area contributed by atoms with Gasteiger partial charge in [0.25, 0.3) is 0 Å². The molecule has 3 heteroatoms. The smallest absolute Gasteiger partial charge is 0.417 e. The SMILES string of the molecule is O=[C]OCCCCl. The van der Waals surface area contributed by atoms with E-state index in [1.807, 2.05) is 0 Å². The zero-order chi connectivity index (χ0) is 5.54. The molecule has 0 bridgehead atoms. The van der Waals surface area contributed by atoms with Crippen LogP contribution in [0.15, 0.2) is 0 Å². The molecule has 0 aromatic rings. The minimum atomic E-state index is 0.382. The maximum atomic E-state index is 9.29. The minimum Gasteiger partial charge on any atom is -0.457 e. The van der Waals surface area contributed by atoms with Gasteiger partial charge in [-0.25, -0.2) is 4.79 Å². The summed E-state index contributed by atoms with van der Waals surface area (Å²) in [6.07, 6.45) is 0.705. The van der Waals surface area contributed by atoms with E-state index in [0.29, 0.717) is 18.9 Å². The molecule has 0 N–H and O–H groups in total. The average molecular weight is 122 g/mol. The first-order valence-corrected chi connectivity index (χ1v) is 2.50. The first-order chi connectivity index (χ1) is 3.41. The van der Waals surface area contributed by atoms with Crippen LogP contribution < -0.4 is 0 Å². The number of ether oxygens (including phenoxy) is 1. The summed E-state index contributed by atoms with van der Waals surface area (Å²) in [5.41, 5.74) is 0. The van der Waals surface area contributed by atoms with Crippen molar-refractivity contribution < 1.29 is 9.53 Å². The Balaban J connectivity index is 2.56. The third-order valence-electron chi connectivity index (χ3n) is 0.439. The van der Waals surface area contributed by atoms with Crippen molar-refractivity contribution in [3.63, 3.8) is 0 Å². The summed E-state index contributed by atoms with van der Waals surface area (Å²) >= 11 is 5.23. The van der Waals surface area contributed by atoms with Crippen LogP contribution in [0.3, 0.4) is 0 Å². The van der Waals surface area contributed by atoms with E-state index < -0.39 is 0 Å². The summed E-state index contributed by atoms with van der Waals surface area (Å²) in [6.45, 7) is 1.68. The van der Waals surface area contributed by atoms with Crippen LogP contribution >= 0.6 is 11.6 Å². The van der Waals surface area contributed by atoms with Gasteiger partial charge in [0.1, 0.15) is 0 Å². The predicted molar refractivity (Wildman–Crippen MR) is 27.0 cm³/mol. The van der Waals surface area contributed by atoms with Gasteiger partial charge in [-0.2, -0.15) is 0 Å². The van der Waals surface area contributed by atoms with Crippen LogP contribution in [-0.4, -0.2) is 19.0 Å². The zero-order valence-electron chi connectivity index (χ0n) is 3.82. The van der Waals surface area contributed by atoms with Crippen molar-refractivity contribution in [2.75, 3.05) is 12.5 Å². The van der Waals surface area contributed by atoms with Gasteiger partial charge < -0.3 is 4.74 Å². The molecule has 0 rings (SSSR count). The first-order valence-electron chi connectivity index (χ1n) is 1.96. The molecule has 0 heterocycles. The fraction of sp³-hybridized carbons (Fsp3) is 0.750. The molecule has 2 nitrogen and oxygen atoms in total. The lowest BCUT2D eigenvalue weighted by Gasteiger charge is -1.88. The summed E-state index contributed by atoms with van der Waals surface area (Å²) in [5, 5.41) is 0. The van der Waals surface area contributed by atoms with E-state index in [9.17, 15) is 4.79 Å². The largest absolute Gasteiger partial charge is 0.457 e. The van der Waals surface area contributed by atoms with E-state index in [1.165, 1.54) is 6.47 Å². The zero-order valence-corrected chi connectivity index (χ0v) is 4.57. The Bertz CT molecular complexity index is 47.0. The molecule has 0 atom stereocenters. The topological polar surface area (TPSA) is 26.3 Å². The van der Waals surface area contributed by atoms with Crippen molar-refractivity contribution in [1.82, 2.24) is 0 Å². The number of hydrogen-bond donors (Lipinski definition) is 0. The fourth-order valence-corrected chi connectivity index (χ4v) is 0.277. The average Bonchev–Trinajstić information content (AvgIpc) is 1.69. The van der Waals surface area contributed by atoms with Crippen molar-refractivity contribution in [1.29, 1.82) is 0 Å². The van der Waals surface area contributed by atoms with Crippen LogP contribution in [0.25, 0.3) is 0 Å². The summed E-state index contributed by atoms with van der Waals surface area (Å²) in [4.78, 5) is 9.29. The summed E-state index contributed by atoms with van der Waals surface area (Å²) in [5.74, 6) is 0.529. The molecule has 0 aromatic carbocycles. The third kappa shape index (κ3) is 5.76. The van der Waals surface area contributed by atoms with Crippen molar-refractivity contribution >= 4 is 18.1 Å². The number of alkyl halides is 1. The second kappa shape index (κ2) is 5.76. The Labute approximate surface area is 47.4 Å². The first kappa shape index (κ1) is 6.76. The molecule has 1 radical (unpaired) electrons. The van der Waals surface area contributed by atoms with Crippen molar-refractivity contribution in [3.8, 4) is 0 Å². The van der Waals surface area contributed by atoms with Crippen LogP contribution in [0, 0.1) is 0 Å². The predicted octanol–water partition coefficient (Wildman–Crippen LogP) is 0.699. The van der Waals surface area contributed by atoms with Crippen molar-refractivity contribution in [3.05, 3.63) is 0 Å². The van der Waals surface area contributed by atoms with Gasteiger partial charge >= 0.3 is 6.47 Å². The van der Waals surface area contributed by atoms with Gasteiger partial charge in [0.05, 0.1) is 6.61 Å². The second-order valence-electron chi connectivity index (χ2n) is 0.974. The maximum Gasteiger partial charge on any atom is 0.417 e. The molecule has 0 amide bonds. The molecule has 0 aliphatic rings. The van der Waals surface area contributed by atoms with E-state index in [1.54, 1.807) is 0 Å². The molecule has 0 aliphatic heterocycles. The van der Waals surface area contributed by atoms with E-state index in [-0.39, 0.29) is 0 Å². The lowest BCUT2D eigenvalue weighted by molar-refractivity contribution is 0.279. The molecule has 0 unspecified atom stereocenters. The fourth-order valence-electron chi connectivity index (χ4n) is 0.168. The molecule has 0 saturated heterocycles. The normalized spacial score (nSPS) is 8.14. The molecule has 0 fully saturated rings. The highest BCUT2D eigenvalue weighted by molar-refractivity contribution is 6.17. The number of carbonyl (C=O) groups excluding carboxylic acids is 1. The lowest BCUT2D eigenvalue weighted by Crippen LogP contribution is -1.90. The van der Waals surface area contributed by atoms with Gasteiger partial charge in [-0.15, -0.1) is 11.6 Å². The van der Waals surface area contributed by atoms with Gasteiger partial charge in [-0.1, -0.05) is 0 Å². The standard InChI is InChI=1S/C4H6ClO2/c5-2-1-3-7-4-6/h1-3H2. The van der Waals surface area contributed by atoms with Crippen LogP contribution in [0.4, 0.5) is 0 Å². The maximum absolute atomic E-state index is 9.29. The van der Waals surface area contributed by atoms with Gasteiger partial charge in [0, 0.05) is 5.88 Å². The molecule has 0 aromatic heterocycles. The van der Waals surface area contributed by atoms with E-state index >= 15 is 0 Å². The molecule has 0 saturated carbocycles. The highest BCUT2D eigenvalue weighted by Gasteiger charge is 1.81. The third-order valence-corrected chi connectivity index (χ3v) is 0.706. The molecule has 41 valence electrons. The lowest BCUT2D eigenvalue weighted by atomic mass is 10.5. The van der Waals surface area contributed by atoms with Crippen LogP contribution in [-0.2, 0) is 9.53 Å². The Morgan fingerprint density at radius 1 is 1.71 bits per heavy atom. The highest BCUT2D eigenvalue weighted by Crippen LogP contribution is 1.82. The second-order valence-corrected chi connectivity index (χ2v) is 1.35. The van der Waals surface area contributed by atoms with Gasteiger partial charge in [-0.05, 0) is 6.42 Å². The van der Waals surface area contributed by atoms with E-state index in [4.69, 9.17) is 11.6 Å². The van der Waals surface area contributed by atoms with Gasteiger partial charge in [-0.3, -0.25) is 0 Å². The van der Waals surface area contributed by atoms with Crippen molar-refractivity contribution in [2.24, 2.45) is 0 Å². The van der Waals surface area contributed by atoms with E-state index in [0.717, 1.165) is 0 Å². The highest BCUT2D eigenvalue weighted by atomic mass is 35.5. The summed E-state index contributed by atoms with van der Waals surface area (Å²) in [7, 11) is 0. The van der Waals surface area contributed by atoms with Crippen LogP contribution in [0.2, 0.25) is 0 Å². The van der Waals surface area contributed by atoms with Gasteiger partial charge in [0.15, 0.2) is 0 Å². The van der Waals surface area contributed by atoms with Crippen LogP contribution in [0.1, 0.15) is 6.42 Å². The quantitative estimate of drug-likeness (QED) is 0.404. The number of halogens is 1. The molecule has 0 spiro atoms. The molecular weight excluding hydrogens is 115 g/mol. The minimum absolute atomic E-state index is 0.382. The van der Waals surface area contributed by atoms with Crippen LogP contribution in [0.5, 0.6) is 0 Å². The Hall–Kier alpha value is -0.240. The Kier molecular flexibility index (Phi) is 5.56. The molecule has 0 aliphatic carbocycles.